The van der Waals surface area contributed by atoms with Crippen molar-refractivity contribution in [2.75, 3.05) is 13.2 Å². The molecule has 3 rings (SSSR count). The topological polar surface area (TPSA) is 65.3 Å². The molecule has 134 valence electrons. The Kier molecular flexibility index (Phi) is 4.97. The molecule has 1 aliphatic heterocycles. The van der Waals surface area contributed by atoms with Crippen LogP contribution in [0.2, 0.25) is 0 Å². The molecule has 0 fully saturated rings. The first-order valence-electron chi connectivity index (χ1n) is 8.74. The number of hydrogen-bond donors (Lipinski definition) is 1. The second kappa shape index (κ2) is 7.17. The number of carbonyl (C=O) groups is 1. The SMILES string of the molecule is CC(C)C1=C(CNC(=O)Cn2c(=O)n(C)c3ccccc32)CCCO1. The molecule has 2 aromatic rings. The summed E-state index contributed by atoms with van der Waals surface area (Å²) in [6.45, 7) is 5.43. The van der Waals surface area contributed by atoms with E-state index in [0.29, 0.717) is 12.5 Å². The molecule has 1 aliphatic rings. The molecule has 6 nitrogen and oxygen atoms in total. The van der Waals surface area contributed by atoms with Crippen molar-refractivity contribution < 1.29 is 9.53 Å². The number of carbonyl (C=O) groups excluding carboxylic acids is 1. The van der Waals surface area contributed by atoms with Gasteiger partial charge in [-0.2, -0.15) is 0 Å². The van der Waals surface area contributed by atoms with Gasteiger partial charge in [0, 0.05) is 19.5 Å². The van der Waals surface area contributed by atoms with Crippen LogP contribution in [0.1, 0.15) is 26.7 Å². The molecular formula is C19H25N3O3. The summed E-state index contributed by atoms with van der Waals surface area (Å²) < 4.78 is 8.83. The summed E-state index contributed by atoms with van der Waals surface area (Å²) in [7, 11) is 1.72. The lowest BCUT2D eigenvalue weighted by atomic mass is 10.0. The highest BCUT2D eigenvalue weighted by Gasteiger charge is 2.18. The van der Waals surface area contributed by atoms with Crippen molar-refractivity contribution in [3.63, 3.8) is 0 Å². The van der Waals surface area contributed by atoms with Crippen molar-refractivity contribution in [3.05, 3.63) is 46.1 Å². The first kappa shape index (κ1) is 17.3. The number of imidazole rings is 1. The van der Waals surface area contributed by atoms with Crippen molar-refractivity contribution in [2.24, 2.45) is 13.0 Å². The number of benzene rings is 1. The van der Waals surface area contributed by atoms with Crippen LogP contribution < -0.4 is 11.0 Å². The van der Waals surface area contributed by atoms with Gasteiger partial charge in [-0.15, -0.1) is 0 Å². The van der Waals surface area contributed by atoms with Crippen LogP contribution >= 0.6 is 0 Å². The highest BCUT2D eigenvalue weighted by atomic mass is 16.5. The van der Waals surface area contributed by atoms with Crippen molar-refractivity contribution in [1.29, 1.82) is 0 Å². The third-order valence-corrected chi connectivity index (χ3v) is 4.61. The number of nitrogens with zero attached hydrogens (tertiary/aromatic N) is 2. The van der Waals surface area contributed by atoms with Gasteiger partial charge in [0.05, 0.1) is 23.4 Å². The van der Waals surface area contributed by atoms with Gasteiger partial charge in [0.25, 0.3) is 0 Å². The lowest BCUT2D eigenvalue weighted by molar-refractivity contribution is -0.121. The number of ether oxygens (including phenoxy) is 1. The van der Waals surface area contributed by atoms with Crippen LogP contribution in [0.15, 0.2) is 40.4 Å². The molecule has 0 saturated heterocycles. The van der Waals surface area contributed by atoms with E-state index in [4.69, 9.17) is 4.74 Å². The number of para-hydroxylation sites is 2. The molecule has 0 spiro atoms. The highest BCUT2D eigenvalue weighted by molar-refractivity contribution is 5.81. The van der Waals surface area contributed by atoms with Gasteiger partial charge >= 0.3 is 5.69 Å². The van der Waals surface area contributed by atoms with E-state index in [9.17, 15) is 9.59 Å². The molecule has 0 atom stereocenters. The molecule has 2 heterocycles. The van der Waals surface area contributed by atoms with Crippen LogP contribution in [0.4, 0.5) is 0 Å². The third kappa shape index (κ3) is 3.48. The maximum Gasteiger partial charge on any atom is 0.329 e. The van der Waals surface area contributed by atoms with Crippen LogP contribution in [0.5, 0.6) is 0 Å². The van der Waals surface area contributed by atoms with Gasteiger partial charge in [-0.25, -0.2) is 4.79 Å². The Balaban J connectivity index is 1.74. The van der Waals surface area contributed by atoms with Gasteiger partial charge in [-0.3, -0.25) is 13.9 Å². The number of amides is 1. The summed E-state index contributed by atoms with van der Waals surface area (Å²) in [5.74, 6) is 1.14. The van der Waals surface area contributed by atoms with Crippen molar-refractivity contribution in [2.45, 2.75) is 33.2 Å². The minimum absolute atomic E-state index is 0.0192. The molecule has 1 aromatic carbocycles. The van der Waals surface area contributed by atoms with E-state index in [2.05, 4.69) is 19.2 Å². The normalized spacial score (nSPS) is 14.9. The number of fused-ring (bicyclic) bond motifs is 1. The zero-order chi connectivity index (χ0) is 18.0. The largest absolute Gasteiger partial charge is 0.498 e. The molecule has 25 heavy (non-hydrogen) atoms. The zero-order valence-electron chi connectivity index (χ0n) is 15.0. The third-order valence-electron chi connectivity index (χ3n) is 4.61. The Bertz CT molecular complexity index is 874. The molecule has 0 radical (unpaired) electrons. The van der Waals surface area contributed by atoms with Crippen LogP contribution in [0.25, 0.3) is 11.0 Å². The van der Waals surface area contributed by atoms with E-state index in [0.717, 1.165) is 41.8 Å². The molecule has 1 N–H and O–H groups in total. The number of aromatic nitrogens is 2. The number of rotatable bonds is 5. The van der Waals surface area contributed by atoms with Gasteiger partial charge in [0.1, 0.15) is 6.54 Å². The van der Waals surface area contributed by atoms with Crippen LogP contribution in [-0.2, 0) is 23.1 Å². The van der Waals surface area contributed by atoms with Gasteiger partial charge < -0.3 is 10.1 Å². The van der Waals surface area contributed by atoms with Gasteiger partial charge in [-0.1, -0.05) is 26.0 Å². The fourth-order valence-corrected chi connectivity index (χ4v) is 3.36. The fourth-order valence-electron chi connectivity index (χ4n) is 3.36. The van der Waals surface area contributed by atoms with E-state index in [1.807, 2.05) is 24.3 Å². The summed E-state index contributed by atoms with van der Waals surface area (Å²) in [6, 6.07) is 7.49. The van der Waals surface area contributed by atoms with Gasteiger partial charge in [0.15, 0.2) is 0 Å². The molecule has 1 aromatic heterocycles. The molecule has 0 saturated carbocycles. The predicted octanol–water partition coefficient (Wildman–Crippen LogP) is 2.18. The molecule has 0 aliphatic carbocycles. The quantitative estimate of drug-likeness (QED) is 0.905. The zero-order valence-corrected chi connectivity index (χ0v) is 15.0. The van der Waals surface area contributed by atoms with E-state index in [-0.39, 0.29) is 18.1 Å². The minimum Gasteiger partial charge on any atom is -0.498 e. The summed E-state index contributed by atoms with van der Waals surface area (Å²) in [4.78, 5) is 24.8. The first-order valence-corrected chi connectivity index (χ1v) is 8.74. The van der Waals surface area contributed by atoms with E-state index in [1.165, 1.54) is 4.57 Å². The van der Waals surface area contributed by atoms with Gasteiger partial charge in [-0.05, 0) is 30.5 Å². The van der Waals surface area contributed by atoms with Gasteiger partial charge in [0.2, 0.25) is 5.91 Å². The van der Waals surface area contributed by atoms with E-state index < -0.39 is 0 Å². The Morgan fingerprint density at radius 3 is 2.72 bits per heavy atom. The Morgan fingerprint density at radius 1 is 1.28 bits per heavy atom. The lowest BCUT2D eigenvalue weighted by Crippen LogP contribution is -2.34. The fraction of sp³-hybridized carbons (Fsp3) is 0.474. The van der Waals surface area contributed by atoms with Crippen molar-refractivity contribution in [3.8, 4) is 0 Å². The number of nitrogens with one attached hydrogen (secondary N) is 1. The number of aryl methyl sites for hydroxylation is 1. The number of allylic oxidation sites excluding steroid dienone is 1. The smallest absolute Gasteiger partial charge is 0.329 e. The monoisotopic (exact) mass is 343 g/mol. The van der Waals surface area contributed by atoms with Crippen LogP contribution in [-0.4, -0.2) is 28.2 Å². The molecule has 6 heteroatoms. The van der Waals surface area contributed by atoms with Crippen molar-refractivity contribution in [1.82, 2.24) is 14.5 Å². The molecule has 0 bridgehead atoms. The molecular weight excluding hydrogens is 318 g/mol. The van der Waals surface area contributed by atoms with Crippen molar-refractivity contribution >= 4 is 16.9 Å². The van der Waals surface area contributed by atoms with E-state index in [1.54, 1.807) is 11.6 Å². The Labute approximate surface area is 147 Å². The predicted molar refractivity (Wildman–Crippen MR) is 97.2 cm³/mol. The first-order chi connectivity index (χ1) is 12.0. The average molecular weight is 343 g/mol. The summed E-state index contributed by atoms with van der Waals surface area (Å²) in [6.07, 6.45) is 1.92. The average Bonchev–Trinajstić information content (AvgIpc) is 2.85. The Hall–Kier alpha value is -2.50. The maximum absolute atomic E-state index is 12.4. The van der Waals surface area contributed by atoms with Crippen LogP contribution in [0, 0.1) is 5.92 Å². The highest BCUT2D eigenvalue weighted by Crippen LogP contribution is 2.24. The maximum atomic E-state index is 12.4. The summed E-state index contributed by atoms with van der Waals surface area (Å²) >= 11 is 0. The minimum atomic E-state index is -0.181. The lowest BCUT2D eigenvalue weighted by Gasteiger charge is -2.24. The van der Waals surface area contributed by atoms with E-state index >= 15 is 0 Å². The second-order valence-corrected chi connectivity index (χ2v) is 6.77. The van der Waals surface area contributed by atoms with Crippen LogP contribution in [0.3, 0.4) is 0 Å². The summed E-state index contributed by atoms with van der Waals surface area (Å²) in [5.41, 5.74) is 2.57. The molecule has 1 amide bonds. The second-order valence-electron chi connectivity index (χ2n) is 6.77. The molecule has 0 unspecified atom stereocenters. The number of hydrogen-bond acceptors (Lipinski definition) is 3. The Morgan fingerprint density at radius 2 is 2.00 bits per heavy atom. The standard InChI is InChI=1S/C19H25N3O3/c1-13(2)18-14(7-6-10-25-18)11-20-17(23)12-22-16-9-5-4-8-15(16)21(3)19(22)24/h4-5,8-9,13H,6-7,10-12H2,1-3H3,(H,20,23). The summed E-state index contributed by atoms with van der Waals surface area (Å²) in [5, 5.41) is 2.94.